The van der Waals surface area contributed by atoms with E-state index >= 15 is 0 Å². The molecule has 0 fully saturated rings. The van der Waals surface area contributed by atoms with Crippen molar-refractivity contribution >= 4 is 15.2 Å². The van der Waals surface area contributed by atoms with Gasteiger partial charge in [0, 0.05) is 0 Å². The van der Waals surface area contributed by atoms with Crippen molar-refractivity contribution in [1.29, 1.82) is 0 Å². The molecule has 0 spiro atoms. The molecule has 0 radical (unpaired) electrons. The molecule has 0 atom stereocenters. The third-order valence-electron chi connectivity index (χ3n) is 3.58. The highest BCUT2D eigenvalue weighted by atomic mass is 31.2. The smallest absolute Gasteiger partial charge is 0.324 e. The van der Waals surface area contributed by atoms with Gasteiger partial charge in [0.05, 0.1) is 0 Å². The van der Waals surface area contributed by atoms with Crippen LogP contribution in [0, 0.1) is 0 Å². The van der Waals surface area contributed by atoms with Crippen LogP contribution in [0.1, 0.15) is 59.8 Å². The van der Waals surface area contributed by atoms with Gasteiger partial charge in [-0.05, 0) is 59.8 Å². The first-order valence-corrected chi connectivity index (χ1v) is 11.3. The molecule has 0 aromatic rings. The van der Waals surface area contributed by atoms with Crippen LogP contribution in [0.25, 0.3) is 0 Å². The maximum Gasteiger partial charge on any atom is 0.341 e. The predicted molar refractivity (Wildman–Crippen MR) is 97.9 cm³/mol. The second-order valence-electron chi connectivity index (χ2n) is 6.35. The van der Waals surface area contributed by atoms with E-state index in [0.29, 0.717) is 6.42 Å². The van der Waals surface area contributed by atoms with Crippen LogP contribution in [-0.2, 0) is 9.13 Å². The van der Waals surface area contributed by atoms with Gasteiger partial charge in [0.15, 0.2) is 5.40 Å². The SMILES string of the molecule is CC(C)=CCC/C(C)=C/CC/C(C)=C\CC(P(=O)(O)O)P(=O)(O)O. The minimum absolute atomic E-state index is 0.330. The molecule has 6 nitrogen and oxygen atoms in total. The third kappa shape index (κ3) is 11.1. The maximum absolute atomic E-state index is 11.2. The molecule has 0 aromatic heterocycles. The van der Waals surface area contributed by atoms with E-state index in [1.54, 1.807) is 6.92 Å². The second kappa shape index (κ2) is 10.5. The predicted octanol–water partition coefficient (Wildman–Crippen LogP) is 4.48. The molecule has 0 aromatic carbocycles. The van der Waals surface area contributed by atoms with Crippen molar-refractivity contribution in [2.24, 2.45) is 0 Å². The topological polar surface area (TPSA) is 115 Å². The number of allylic oxidation sites excluding steroid dienone is 6. The average Bonchev–Trinajstić information content (AvgIpc) is 2.34. The standard InChI is InChI=1S/C16H30O6P2/c1-13(2)7-5-8-14(3)9-6-10-15(4)11-12-16(23(17,18)19)24(20,21)22/h7,9,11,16H,5-6,8,10,12H2,1-4H3,(H2,17,18,19)(H2,20,21,22)/b14-9+,15-11-. The average molecular weight is 380 g/mol. The first-order chi connectivity index (χ1) is 10.8. The van der Waals surface area contributed by atoms with Gasteiger partial charge in [-0.1, -0.05) is 34.9 Å². The molecule has 0 unspecified atom stereocenters. The first kappa shape index (κ1) is 23.5. The van der Waals surface area contributed by atoms with E-state index in [2.05, 4.69) is 32.9 Å². The molecular formula is C16H30O6P2. The molecule has 0 aliphatic carbocycles. The molecular weight excluding hydrogens is 350 g/mol. The van der Waals surface area contributed by atoms with Crippen molar-refractivity contribution in [3.63, 3.8) is 0 Å². The van der Waals surface area contributed by atoms with Gasteiger partial charge >= 0.3 is 15.2 Å². The molecule has 4 N–H and O–H groups in total. The molecule has 0 amide bonds. The number of hydrogen-bond donors (Lipinski definition) is 4. The summed E-state index contributed by atoms with van der Waals surface area (Å²) in [6.45, 7) is 7.99. The fourth-order valence-electron chi connectivity index (χ4n) is 2.12. The van der Waals surface area contributed by atoms with Crippen molar-refractivity contribution < 1.29 is 28.7 Å². The third-order valence-corrected chi connectivity index (χ3v) is 7.36. The van der Waals surface area contributed by atoms with Gasteiger partial charge in [-0.3, -0.25) is 9.13 Å². The van der Waals surface area contributed by atoms with E-state index < -0.39 is 20.6 Å². The van der Waals surface area contributed by atoms with Crippen molar-refractivity contribution in [2.45, 2.75) is 65.2 Å². The van der Waals surface area contributed by atoms with Gasteiger partial charge < -0.3 is 19.6 Å². The quantitative estimate of drug-likeness (QED) is 0.328. The lowest BCUT2D eigenvalue weighted by molar-refractivity contribution is 0.338. The Morgan fingerprint density at radius 1 is 0.792 bits per heavy atom. The van der Waals surface area contributed by atoms with Crippen molar-refractivity contribution in [3.05, 3.63) is 34.9 Å². The zero-order chi connectivity index (χ0) is 19.0. The van der Waals surface area contributed by atoms with Crippen LogP contribution in [0.5, 0.6) is 0 Å². The van der Waals surface area contributed by atoms with Crippen molar-refractivity contribution in [3.8, 4) is 0 Å². The molecule has 8 heteroatoms. The summed E-state index contributed by atoms with van der Waals surface area (Å²) in [5, 5.41) is -1.96. The highest BCUT2D eigenvalue weighted by molar-refractivity contribution is 7.70. The molecule has 0 saturated heterocycles. The zero-order valence-corrected chi connectivity index (χ0v) is 16.6. The lowest BCUT2D eigenvalue weighted by atomic mass is 10.1. The second-order valence-corrected chi connectivity index (χ2v) is 10.4. The highest BCUT2D eigenvalue weighted by Crippen LogP contribution is 2.61. The minimum Gasteiger partial charge on any atom is -0.324 e. The summed E-state index contributed by atoms with van der Waals surface area (Å²) < 4.78 is 22.4. The van der Waals surface area contributed by atoms with E-state index in [1.165, 1.54) is 17.2 Å². The van der Waals surface area contributed by atoms with E-state index in [9.17, 15) is 9.13 Å². The first-order valence-electron chi connectivity index (χ1n) is 7.89. The van der Waals surface area contributed by atoms with E-state index in [0.717, 1.165) is 24.8 Å². The Kier molecular flexibility index (Phi) is 10.3. The largest absolute Gasteiger partial charge is 0.341 e. The Morgan fingerprint density at radius 2 is 1.21 bits per heavy atom. The summed E-state index contributed by atoms with van der Waals surface area (Å²) in [6, 6.07) is 0. The van der Waals surface area contributed by atoms with E-state index in [-0.39, 0.29) is 6.42 Å². The van der Waals surface area contributed by atoms with Gasteiger partial charge in [-0.15, -0.1) is 0 Å². The zero-order valence-electron chi connectivity index (χ0n) is 14.8. The number of hydrogen-bond acceptors (Lipinski definition) is 2. The molecule has 0 aliphatic rings. The summed E-state index contributed by atoms with van der Waals surface area (Å²) in [5.74, 6) is 0. The summed E-state index contributed by atoms with van der Waals surface area (Å²) >= 11 is 0. The summed E-state index contributed by atoms with van der Waals surface area (Å²) in [4.78, 5) is 36.3. The highest BCUT2D eigenvalue weighted by Gasteiger charge is 2.42. The van der Waals surface area contributed by atoms with Gasteiger partial charge in [-0.2, -0.15) is 0 Å². The van der Waals surface area contributed by atoms with Crippen LogP contribution in [0.2, 0.25) is 0 Å². The van der Waals surface area contributed by atoms with Crippen LogP contribution in [0.4, 0.5) is 0 Å². The summed E-state index contributed by atoms with van der Waals surface area (Å²) in [5.41, 5.74) is 3.44. The molecule has 0 rings (SSSR count). The van der Waals surface area contributed by atoms with Crippen molar-refractivity contribution in [2.75, 3.05) is 0 Å². The van der Waals surface area contributed by atoms with Crippen LogP contribution < -0.4 is 0 Å². The van der Waals surface area contributed by atoms with Crippen LogP contribution in [-0.4, -0.2) is 25.0 Å². The van der Waals surface area contributed by atoms with Crippen LogP contribution >= 0.6 is 15.2 Å². The van der Waals surface area contributed by atoms with E-state index in [4.69, 9.17) is 19.6 Å². The Hall–Kier alpha value is -0.480. The summed E-state index contributed by atoms with van der Waals surface area (Å²) in [7, 11) is -9.68. The number of rotatable bonds is 10. The molecule has 0 bridgehead atoms. The van der Waals surface area contributed by atoms with Gasteiger partial charge in [0.1, 0.15) is 0 Å². The fraction of sp³-hybridized carbons (Fsp3) is 0.625. The summed E-state index contributed by atoms with van der Waals surface area (Å²) in [6.07, 6.45) is 8.97. The molecule has 0 saturated carbocycles. The fourth-order valence-corrected chi connectivity index (χ4v) is 4.44. The van der Waals surface area contributed by atoms with Gasteiger partial charge in [0.25, 0.3) is 0 Å². The van der Waals surface area contributed by atoms with Gasteiger partial charge in [0.2, 0.25) is 0 Å². The minimum atomic E-state index is -4.84. The van der Waals surface area contributed by atoms with Crippen molar-refractivity contribution in [1.82, 2.24) is 0 Å². The normalized spacial score (nSPS) is 14.2. The Balaban J connectivity index is 4.53. The Morgan fingerprint density at radius 3 is 1.62 bits per heavy atom. The lowest BCUT2D eigenvalue weighted by Gasteiger charge is -2.18. The Bertz CT molecular complexity index is 553. The molecule has 0 heterocycles. The van der Waals surface area contributed by atoms with Gasteiger partial charge in [-0.25, -0.2) is 0 Å². The lowest BCUT2D eigenvalue weighted by Crippen LogP contribution is -2.08. The van der Waals surface area contributed by atoms with Crippen LogP contribution in [0.3, 0.4) is 0 Å². The monoisotopic (exact) mass is 380 g/mol. The molecule has 24 heavy (non-hydrogen) atoms. The Labute approximate surface area is 144 Å². The van der Waals surface area contributed by atoms with Crippen LogP contribution in [0.15, 0.2) is 34.9 Å². The van der Waals surface area contributed by atoms with E-state index in [1.807, 2.05) is 0 Å². The molecule has 0 aliphatic heterocycles. The molecule has 140 valence electrons. The maximum atomic E-state index is 11.2.